The number of hydrogen-bond donors (Lipinski definition) is 1. The number of fused-ring (bicyclic) bond motifs is 1. The number of aromatic nitrogens is 2. The minimum Gasteiger partial charge on any atom is -0.468 e. The number of carbonyl (C=O) groups excluding carboxylic acids is 1. The van der Waals surface area contributed by atoms with Crippen molar-refractivity contribution in [1.82, 2.24) is 19.8 Å². The van der Waals surface area contributed by atoms with E-state index < -0.39 is 11.4 Å². The molecule has 0 fully saturated rings. The Bertz CT molecular complexity index is 966. The van der Waals surface area contributed by atoms with Gasteiger partial charge in [-0.2, -0.15) is 0 Å². The van der Waals surface area contributed by atoms with Gasteiger partial charge >= 0.3 is 0 Å². The minimum atomic E-state index is -0.522. The molecule has 0 bridgehead atoms. The van der Waals surface area contributed by atoms with E-state index in [1.807, 2.05) is 25.1 Å². The quantitative estimate of drug-likeness (QED) is 0.723. The number of amides is 1. The first-order valence-corrected chi connectivity index (χ1v) is 8.07. The van der Waals surface area contributed by atoms with Crippen LogP contribution in [0.15, 0.2) is 52.1 Å². The molecule has 1 amide bonds. The van der Waals surface area contributed by atoms with E-state index in [9.17, 15) is 14.0 Å². The van der Waals surface area contributed by atoms with Gasteiger partial charge in [-0.05, 0) is 44.4 Å². The number of halogens is 1. The smallest absolute Gasteiger partial charge is 0.261 e. The van der Waals surface area contributed by atoms with E-state index in [2.05, 4.69) is 10.3 Å². The molecule has 0 aliphatic rings. The highest BCUT2D eigenvalue weighted by Gasteiger charge is 2.18. The van der Waals surface area contributed by atoms with Gasteiger partial charge in [0.15, 0.2) is 0 Å². The van der Waals surface area contributed by atoms with Crippen molar-refractivity contribution in [2.75, 3.05) is 20.6 Å². The van der Waals surface area contributed by atoms with Crippen LogP contribution in [-0.4, -0.2) is 41.0 Å². The van der Waals surface area contributed by atoms with E-state index in [-0.39, 0.29) is 23.9 Å². The van der Waals surface area contributed by atoms with Crippen LogP contribution in [0.25, 0.3) is 10.9 Å². The van der Waals surface area contributed by atoms with Crippen LogP contribution in [0.1, 0.15) is 11.8 Å². The van der Waals surface area contributed by atoms with Crippen molar-refractivity contribution in [2.24, 2.45) is 0 Å². The maximum Gasteiger partial charge on any atom is 0.261 e. The predicted octanol–water partition coefficient (Wildman–Crippen LogP) is 1.55. The van der Waals surface area contributed by atoms with Crippen LogP contribution < -0.4 is 10.9 Å². The third-order valence-corrected chi connectivity index (χ3v) is 4.09. The Hall–Kier alpha value is -3.00. The zero-order valence-corrected chi connectivity index (χ0v) is 14.5. The first kappa shape index (κ1) is 17.8. The highest BCUT2D eigenvalue weighted by Crippen LogP contribution is 2.17. The first-order valence-electron chi connectivity index (χ1n) is 8.07. The molecule has 136 valence electrons. The van der Waals surface area contributed by atoms with Crippen molar-refractivity contribution in [3.05, 3.63) is 64.9 Å². The normalized spacial score (nSPS) is 12.5. The topological polar surface area (TPSA) is 80.4 Å². The summed E-state index contributed by atoms with van der Waals surface area (Å²) in [6, 6.07) is 7.28. The number of benzene rings is 1. The van der Waals surface area contributed by atoms with Gasteiger partial charge in [-0.15, -0.1) is 0 Å². The first-order chi connectivity index (χ1) is 12.5. The zero-order valence-electron chi connectivity index (χ0n) is 14.5. The molecule has 0 saturated heterocycles. The molecular weight excluding hydrogens is 339 g/mol. The second-order valence-electron chi connectivity index (χ2n) is 6.14. The Labute approximate surface area is 149 Å². The van der Waals surface area contributed by atoms with Gasteiger partial charge in [0.2, 0.25) is 5.91 Å². The van der Waals surface area contributed by atoms with Crippen molar-refractivity contribution in [3.63, 3.8) is 0 Å². The number of nitrogens with zero attached hydrogens (tertiary/aromatic N) is 3. The molecule has 26 heavy (non-hydrogen) atoms. The van der Waals surface area contributed by atoms with Gasteiger partial charge in [-0.3, -0.25) is 19.1 Å². The summed E-state index contributed by atoms with van der Waals surface area (Å²) in [5.74, 6) is -0.135. The second kappa shape index (κ2) is 7.49. The third kappa shape index (κ3) is 3.80. The Kier molecular flexibility index (Phi) is 5.13. The average molecular weight is 358 g/mol. The summed E-state index contributed by atoms with van der Waals surface area (Å²) in [4.78, 5) is 30.7. The lowest BCUT2D eigenvalue weighted by Crippen LogP contribution is -2.37. The molecule has 0 unspecified atom stereocenters. The Morgan fingerprint density at radius 2 is 2.19 bits per heavy atom. The van der Waals surface area contributed by atoms with Crippen LogP contribution in [0.2, 0.25) is 0 Å². The maximum atomic E-state index is 13.4. The van der Waals surface area contributed by atoms with Gasteiger partial charge in [0.05, 0.1) is 29.5 Å². The van der Waals surface area contributed by atoms with Crippen LogP contribution in [-0.2, 0) is 11.3 Å². The number of hydrogen-bond acceptors (Lipinski definition) is 5. The SMILES string of the molecule is CN(C)[C@H](CNC(=O)Cn1cnc2ccc(F)cc2c1=O)c1ccco1. The molecule has 0 aliphatic heterocycles. The van der Waals surface area contributed by atoms with Crippen molar-refractivity contribution in [1.29, 1.82) is 0 Å². The minimum absolute atomic E-state index is 0.130. The van der Waals surface area contributed by atoms with Crippen molar-refractivity contribution in [3.8, 4) is 0 Å². The van der Waals surface area contributed by atoms with E-state index in [0.29, 0.717) is 12.1 Å². The number of rotatable bonds is 6. The molecule has 0 radical (unpaired) electrons. The molecule has 0 spiro atoms. The molecule has 1 N–H and O–H groups in total. The largest absolute Gasteiger partial charge is 0.468 e. The fourth-order valence-corrected chi connectivity index (χ4v) is 2.68. The van der Waals surface area contributed by atoms with Crippen molar-refractivity contribution in [2.45, 2.75) is 12.6 Å². The molecule has 0 aliphatic carbocycles. The van der Waals surface area contributed by atoms with Crippen LogP contribution in [0.5, 0.6) is 0 Å². The summed E-state index contributed by atoms with van der Waals surface area (Å²) in [6.45, 7) is 0.125. The standard InChI is InChI=1S/C18H19FN4O3/c1-22(2)15(16-4-3-7-26-16)9-20-17(24)10-23-11-21-14-6-5-12(19)8-13(14)18(23)25/h3-8,11,15H,9-10H2,1-2H3,(H,20,24)/t15-/m1/s1. The maximum absolute atomic E-state index is 13.4. The fourth-order valence-electron chi connectivity index (χ4n) is 2.68. The molecule has 3 aromatic rings. The number of likely N-dealkylation sites (N-methyl/N-ethyl adjacent to an activating group) is 1. The van der Waals surface area contributed by atoms with E-state index in [1.54, 1.807) is 12.3 Å². The van der Waals surface area contributed by atoms with Crippen LogP contribution in [0.3, 0.4) is 0 Å². The van der Waals surface area contributed by atoms with E-state index in [0.717, 1.165) is 16.4 Å². The molecule has 1 aromatic carbocycles. The van der Waals surface area contributed by atoms with E-state index in [4.69, 9.17) is 4.42 Å². The highest BCUT2D eigenvalue weighted by molar-refractivity contribution is 5.79. The van der Waals surface area contributed by atoms with Gasteiger partial charge in [0.25, 0.3) is 5.56 Å². The van der Waals surface area contributed by atoms with Gasteiger partial charge in [0, 0.05) is 6.54 Å². The Balaban J connectivity index is 1.71. The van der Waals surface area contributed by atoms with Crippen LogP contribution in [0, 0.1) is 5.82 Å². The zero-order chi connectivity index (χ0) is 18.7. The molecule has 7 nitrogen and oxygen atoms in total. The number of nitrogens with one attached hydrogen (secondary N) is 1. The summed E-state index contributed by atoms with van der Waals surface area (Å²) < 4.78 is 19.9. The highest BCUT2D eigenvalue weighted by atomic mass is 19.1. The van der Waals surface area contributed by atoms with Gasteiger partial charge < -0.3 is 9.73 Å². The van der Waals surface area contributed by atoms with Gasteiger partial charge in [0.1, 0.15) is 18.1 Å². The third-order valence-electron chi connectivity index (χ3n) is 4.09. The average Bonchev–Trinajstić information content (AvgIpc) is 3.12. The van der Waals surface area contributed by atoms with Crippen molar-refractivity contribution >= 4 is 16.8 Å². The monoisotopic (exact) mass is 358 g/mol. The summed E-state index contributed by atoms with van der Waals surface area (Å²) in [5.41, 5.74) is -0.0709. The Morgan fingerprint density at radius 1 is 1.38 bits per heavy atom. The lowest BCUT2D eigenvalue weighted by molar-refractivity contribution is -0.122. The molecular formula is C18H19FN4O3. The molecule has 2 aromatic heterocycles. The van der Waals surface area contributed by atoms with Crippen LogP contribution in [0.4, 0.5) is 4.39 Å². The summed E-state index contributed by atoms with van der Waals surface area (Å²) in [7, 11) is 3.76. The summed E-state index contributed by atoms with van der Waals surface area (Å²) >= 11 is 0. The van der Waals surface area contributed by atoms with Gasteiger partial charge in [-0.1, -0.05) is 0 Å². The molecule has 3 rings (SSSR count). The fraction of sp³-hybridized carbons (Fsp3) is 0.278. The van der Waals surface area contributed by atoms with Crippen molar-refractivity contribution < 1.29 is 13.6 Å². The Morgan fingerprint density at radius 3 is 2.88 bits per heavy atom. The van der Waals surface area contributed by atoms with Gasteiger partial charge in [-0.25, -0.2) is 9.37 Å². The number of furan rings is 1. The predicted molar refractivity (Wildman–Crippen MR) is 94.1 cm³/mol. The lowest BCUT2D eigenvalue weighted by atomic mass is 10.2. The van der Waals surface area contributed by atoms with Crippen LogP contribution >= 0.6 is 0 Å². The van der Waals surface area contributed by atoms with E-state index in [1.165, 1.54) is 18.5 Å². The molecule has 0 saturated carbocycles. The second-order valence-corrected chi connectivity index (χ2v) is 6.14. The molecule has 1 atom stereocenters. The molecule has 2 heterocycles. The summed E-state index contributed by atoms with van der Waals surface area (Å²) in [5, 5.41) is 2.93. The number of carbonyl (C=O) groups is 1. The van der Waals surface area contributed by atoms with E-state index >= 15 is 0 Å². The summed E-state index contributed by atoms with van der Waals surface area (Å²) in [6.07, 6.45) is 2.87. The lowest BCUT2D eigenvalue weighted by Gasteiger charge is -2.22. The molecule has 8 heteroatoms.